The highest BCUT2D eigenvalue weighted by Crippen LogP contribution is 2.29. The zero-order valence-electron chi connectivity index (χ0n) is 21.5. The average Bonchev–Trinajstić information content (AvgIpc) is 2.89. The van der Waals surface area contributed by atoms with Gasteiger partial charge in [-0.1, -0.05) is 60.5 Å². The molecule has 38 heavy (non-hydrogen) atoms. The van der Waals surface area contributed by atoms with E-state index < -0.39 is 28.5 Å². The Bertz CT molecular complexity index is 1380. The van der Waals surface area contributed by atoms with Crippen LogP contribution in [-0.2, 0) is 26.2 Å². The molecule has 3 rings (SSSR count). The number of aryl methyl sites for hydroxylation is 1. The second-order valence-electron chi connectivity index (χ2n) is 8.87. The first kappa shape index (κ1) is 29.5. The Morgan fingerprint density at radius 3 is 2.26 bits per heavy atom. The van der Waals surface area contributed by atoms with Crippen LogP contribution in [0.4, 0.5) is 5.69 Å². The van der Waals surface area contributed by atoms with E-state index in [2.05, 4.69) is 5.32 Å². The SMILES string of the molecule is CCCNC(=O)[C@@H](C)N(Cc1cccc(Cl)c1)C(=O)CN(c1ccc(Cl)cc1C)S(=O)(=O)c1ccccc1. The predicted octanol–water partition coefficient (Wildman–Crippen LogP) is 5.44. The molecular formula is C28H31Cl2N3O4S. The largest absolute Gasteiger partial charge is 0.354 e. The molecule has 0 aliphatic heterocycles. The lowest BCUT2D eigenvalue weighted by Gasteiger charge is -2.32. The first-order valence-electron chi connectivity index (χ1n) is 12.2. The van der Waals surface area contributed by atoms with Crippen molar-refractivity contribution < 1.29 is 18.0 Å². The fraction of sp³-hybridized carbons (Fsp3) is 0.286. The molecule has 0 aliphatic carbocycles. The van der Waals surface area contributed by atoms with Crippen LogP contribution >= 0.6 is 23.2 Å². The molecule has 2 amide bonds. The summed E-state index contributed by atoms with van der Waals surface area (Å²) in [6, 6.07) is 18.8. The Morgan fingerprint density at radius 2 is 1.63 bits per heavy atom. The number of anilines is 1. The second kappa shape index (κ2) is 13.1. The van der Waals surface area contributed by atoms with Crippen LogP contribution < -0.4 is 9.62 Å². The molecule has 0 spiro atoms. The van der Waals surface area contributed by atoms with Crippen LogP contribution in [0.3, 0.4) is 0 Å². The van der Waals surface area contributed by atoms with Gasteiger partial charge in [-0.3, -0.25) is 13.9 Å². The van der Waals surface area contributed by atoms with Gasteiger partial charge in [-0.2, -0.15) is 0 Å². The summed E-state index contributed by atoms with van der Waals surface area (Å²) < 4.78 is 28.7. The van der Waals surface area contributed by atoms with Crippen LogP contribution in [0, 0.1) is 6.92 Å². The Balaban J connectivity index is 2.04. The van der Waals surface area contributed by atoms with E-state index in [1.807, 2.05) is 6.92 Å². The standard InChI is InChI=1S/C28H31Cl2N3O4S/c1-4-15-31-28(35)21(3)32(18-22-9-8-10-23(29)17-22)27(34)19-33(26-14-13-24(30)16-20(26)2)38(36,37)25-11-6-5-7-12-25/h5-14,16-17,21H,4,15,18-19H2,1-3H3,(H,31,35)/t21-/m1/s1. The van der Waals surface area contributed by atoms with Crippen molar-refractivity contribution in [1.82, 2.24) is 10.2 Å². The maximum Gasteiger partial charge on any atom is 0.264 e. The maximum atomic E-state index is 13.9. The van der Waals surface area contributed by atoms with Gasteiger partial charge in [0.25, 0.3) is 10.0 Å². The van der Waals surface area contributed by atoms with Crippen molar-refractivity contribution in [1.29, 1.82) is 0 Å². The van der Waals surface area contributed by atoms with Crippen LogP contribution in [0.1, 0.15) is 31.4 Å². The lowest BCUT2D eigenvalue weighted by Crippen LogP contribution is -2.51. The van der Waals surface area contributed by atoms with E-state index in [1.54, 1.807) is 74.5 Å². The Labute approximate surface area is 234 Å². The minimum Gasteiger partial charge on any atom is -0.354 e. The Hall–Kier alpha value is -3.07. The molecule has 10 heteroatoms. The van der Waals surface area contributed by atoms with Gasteiger partial charge >= 0.3 is 0 Å². The molecule has 0 unspecified atom stereocenters. The molecule has 0 saturated carbocycles. The highest BCUT2D eigenvalue weighted by atomic mass is 35.5. The molecule has 0 aliphatic rings. The fourth-order valence-corrected chi connectivity index (χ4v) is 5.88. The normalized spacial score (nSPS) is 12.0. The van der Waals surface area contributed by atoms with E-state index in [1.165, 1.54) is 17.0 Å². The van der Waals surface area contributed by atoms with Crippen molar-refractivity contribution in [3.05, 3.63) is 94.0 Å². The minimum atomic E-state index is -4.14. The summed E-state index contributed by atoms with van der Waals surface area (Å²) in [5.41, 5.74) is 1.61. The number of hydrogen-bond donors (Lipinski definition) is 1. The van der Waals surface area contributed by atoms with Gasteiger partial charge in [-0.25, -0.2) is 8.42 Å². The highest BCUT2D eigenvalue weighted by molar-refractivity contribution is 7.92. The van der Waals surface area contributed by atoms with Gasteiger partial charge in [0.1, 0.15) is 12.6 Å². The molecule has 0 fully saturated rings. The summed E-state index contributed by atoms with van der Waals surface area (Å²) in [6.07, 6.45) is 0.736. The third kappa shape index (κ3) is 7.28. The predicted molar refractivity (Wildman–Crippen MR) is 152 cm³/mol. The number of hydrogen-bond acceptors (Lipinski definition) is 4. The smallest absolute Gasteiger partial charge is 0.264 e. The molecule has 7 nitrogen and oxygen atoms in total. The van der Waals surface area contributed by atoms with Crippen LogP contribution in [0.5, 0.6) is 0 Å². The van der Waals surface area contributed by atoms with Gasteiger partial charge in [0.15, 0.2) is 0 Å². The van der Waals surface area contributed by atoms with E-state index in [9.17, 15) is 18.0 Å². The van der Waals surface area contributed by atoms with Gasteiger partial charge in [-0.05, 0) is 73.9 Å². The summed E-state index contributed by atoms with van der Waals surface area (Å²) in [5.74, 6) is -0.875. The first-order valence-corrected chi connectivity index (χ1v) is 14.4. The number of halogens is 2. The van der Waals surface area contributed by atoms with Crippen molar-refractivity contribution in [3.8, 4) is 0 Å². The summed E-state index contributed by atoms with van der Waals surface area (Å²) in [4.78, 5) is 28.2. The van der Waals surface area contributed by atoms with Crippen molar-refractivity contribution in [2.24, 2.45) is 0 Å². The van der Waals surface area contributed by atoms with Gasteiger partial charge < -0.3 is 10.2 Å². The molecule has 0 radical (unpaired) electrons. The fourth-order valence-electron chi connectivity index (χ4n) is 3.94. The molecule has 3 aromatic carbocycles. The topological polar surface area (TPSA) is 86.8 Å². The van der Waals surface area contributed by atoms with Crippen LogP contribution in [0.25, 0.3) is 0 Å². The van der Waals surface area contributed by atoms with Crippen LogP contribution in [0.15, 0.2) is 77.7 Å². The van der Waals surface area contributed by atoms with E-state index >= 15 is 0 Å². The lowest BCUT2D eigenvalue weighted by atomic mass is 10.1. The molecule has 1 N–H and O–H groups in total. The Morgan fingerprint density at radius 1 is 0.947 bits per heavy atom. The number of nitrogens with zero attached hydrogens (tertiary/aromatic N) is 2. The average molecular weight is 577 g/mol. The maximum absolute atomic E-state index is 13.9. The molecule has 1 atom stereocenters. The zero-order chi connectivity index (χ0) is 27.9. The molecule has 202 valence electrons. The second-order valence-corrected chi connectivity index (χ2v) is 11.6. The summed E-state index contributed by atoms with van der Waals surface area (Å²) in [6.45, 7) is 5.28. The van der Waals surface area contributed by atoms with Crippen molar-refractivity contribution >= 4 is 50.7 Å². The van der Waals surface area contributed by atoms with Crippen molar-refractivity contribution in [2.45, 2.75) is 44.7 Å². The molecular weight excluding hydrogens is 545 g/mol. The van der Waals surface area contributed by atoms with E-state index in [0.29, 0.717) is 33.4 Å². The van der Waals surface area contributed by atoms with Crippen molar-refractivity contribution in [2.75, 3.05) is 17.4 Å². The number of carbonyl (C=O) groups is 2. The number of benzene rings is 3. The van der Waals surface area contributed by atoms with E-state index in [4.69, 9.17) is 23.2 Å². The van der Waals surface area contributed by atoms with E-state index in [0.717, 1.165) is 10.7 Å². The molecule has 3 aromatic rings. The monoisotopic (exact) mass is 575 g/mol. The van der Waals surface area contributed by atoms with Crippen LogP contribution in [-0.4, -0.2) is 44.3 Å². The highest BCUT2D eigenvalue weighted by Gasteiger charge is 2.33. The first-order chi connectivity index (χ1) is 18.0. The number of sulfonamides is 1. The van der Waals surface area contributed by atoms with Gasteiger partial charge in [0, 0.05) is 23.1 Å². The summed E-state index contributed by atoms with van der Waals surface area (Å²) in [5, 5.41) is 3.75. The van der Waals surface area contributed by atoms with Crippen LogP contribution in [0.2, 0.25) is 10.0 Å². The molecule has 0 saturated heterocycles. The Kier molecular flexibility index (Phi) is 10.2. The quantitative estimate of drug-likeness (QED) is 0.330. The number of rotatable bonds is 11. The van der Waals surface area contributed by atoms with Gasteiger partial charge in [0.2, 0.25) is 11.8 Å². The lowest BCUT2D eigenvalue weighted by molar-refractivity contribution is -0.139. The summed E-state index contributed by atoms with van der Waals surface area (Å²) in [7, 11) is -4.14. The summed E-state index contributed by atoms with van der Waals surface area (Å²) >= 11 is 12.3. The van der Waals surface area contributed by atoms with Gasteiger partial charge in [-0.15, -0.1) is 0 Å². The minimum absolute atomic E-state index is 0.0391. The number of amides is 2. The molecule has 0 bridgehead atoms. The number of carbonyl (C=O) groups excluding carboxylic acids is 2. The van der Waals surface area contributed by atoms with Gasteiger partial charge in [0.05, 0.1) is 10.6 Å². The molecule has 0 heterocycles. The third-order valence-corrected chi connectivity index (χ3v) is 8.24. The molecule has 0 aromatic heterocycles. The van der Waals surface area contributed by atoms with E-state index in [-0.39, 0.29) is 17.3 Å². The third-order valence-electron chi connectivity index (χ3n) is 6.00. The number of nitrogens with one attached hydrogen (secondary N) is 1. The zero-order valence-corrected chi connectivity index (χ0v) is 23.9. The van der Waals surface area contributed by atoms with Crippen molar-refractivity contribution in [3.63, 3.8) is 0 Å².